The minimum atomic E-state index is -4.15. The molecule has 9 N–H and O–H groups in total. The van der Waals surface area contributed by atoms with Crippen LogP contribution in [0.25, 0.3) is 0 Å². The molecule has 3 rings (SSSR count). The Hall–Kier alpha value is -4.53. The van der Waals surface area contributed by atoms with E-state index >= 15 is 0 Å². The van der Waals surface area contributed by atoms with Crippen LogP contribution in [0.5, 0.6) is 11.5 Å². The molecule has 0 aliphatic carbocycles. The highest BCUT2D eigenvalue weighted by atomic mass is 35.5. The van der Waals surface area contributed by atoms with Gasteiger partial charge in [0.05, 0.1) is 17.4 Å². The highest BCUT2D eigenvalue weighted by Gasteiger charge is 2.19. The summed E-state index contributed by atoms with van der Waals surface area (Å²) in [5.41, 5.74) is 7.31. The number of nitrogens with two attached hydrogens (primary N) is 2. The van der Waals surface area contributed by atoms with Crippen molar-refractivity contribution in [2.75, 3.05) is 22.0 Å². The number of aliphatic carboxylic acids is 1. The van der Waals surface area contributed by atoms with Gasteiger partial charge in [-0.1, -0.05) is 11.6 Å². The summed E-state index contributed by atoms with van der Waals surface area (Å²) < 4.78 is 36.9. The van der Waals surface area contributed by atoms with Gasteiger partial charge in [0.15, 0.2) is 18.1 Å². The lowest BCUT2D eigenvalue weighted by Crippen LogP contribution is -2.22. The first-order chi connectivity index (χ1) is 19.2. The third-order valence-electron chi connectivity index (χ3n) is 5.24. The average molecular weight is 605 g/mol. The number of amides is 1. The number of hydrogen-bond acceptors (Lipinski definition) is 8. The van der Waals surface area contributed by atoms with Gasteiger partial charge in [0.2, 0.25) is 0 Å². The average Bonchev–Trinajstić information content (AvgIpc) is 2.86. The number of benzene rings is 3. The highest BCUT2D eigenvalue weighted by molar-refractivity contribution is 7.90. The number of carboxylic acids is 1. The quantitative estimate of drug-likeness (QED) is 0.112. The molecule has 0 saturated carbocycles. The summed E-state index contributed by atoms with van der Waals surface area (Å²) >= 11 is 6.17. The normalized spacial score (nSPS) is 11.0. The topological polar surface area (TPSA) is 219 Å². The van der Waals surface area contributed by atoms with Crippen LogP contribution in [0.1, 0.15) is 35.3 Å². The summed E-state index contributed by atoms with van der Waals surface area (Å²) in [6.45, 7) is 2.70. The van der Waals surface area contributed by atoms with Crippen LogP contribution in [0.15, 0.2) is 54.6 Å². The third kappa shape index (κ3) is 9.27. The number of anilines is 3. The van der Waals surface area contributed by atoms with E-state index in [1.807, 2.05) is 0 Å². The fraction of sp³-hybridized carbons (Fsp3) is 0.192. The maximum atomic E-state index is 13.2. The lowest BCUT2D eigenvalue weighted by atomic mass is 10.1. The molecule has 13 nitrogen and oxygen atoms in total. The fourth-order valence-corrected chi connectivity index (χ4v) is 4.25. The van der Waals surface area contributed by atoms with Gasteiger partial charge >= 0.3 is 5.97 Å². The molecule has 0 atom stereocenters. The van der Waals surface area contributed by atoms with E-state index in [1.165, 1.54) is 18.2 Å². The molecule has 0 bridgehead atoms. The van der Waals surface area contributed by atoms with Crippen molar-refractivity contribution in [3.63, 3.8) is 0 Å². The monoisotopic (exact) mass is 604 g/mol. The first kappa shape index (κ1) is 31.0. The Labute approximate surface area is 241 Å². The maximum absolute atomic E-state index is 13.2. The van der Waals surface area contributed by atoms with Crippen molar-refractivity contribution in [2.24, 2.45) is 10.9 Å². The third-order valence-corrected chi connectivity index (χ3v) is 6.00. The van der Waals surface area contributed by atoms with E-state index < -0.39 is 28.7 Å². The number of nitrogen functional groups attached to an aromatic ring is 1. The summed E-state index contributed by atoms with van der Waals surface area (Å²) in [5, 5.41) is 28.0. The summed E-state index contributed by atoms with van der Waals surface area (Å²) in [6, 6.07) is 13.7. The van der Waals surface area contributed by atoms with Crippen LogP contribution in [0.3, 0.4) is 0 Å². The number of rotatable bonds is 13. The minimum Gasteiger partial charge on any atom is -0.487 e. The predicted octanol–water partition coefficient (Wildman–Crippen LogP) is 3.35. The van der Waals surface area contributed by atoms with E-state index in [-0.39, 0.29) is 41.2 Å². The van der Waals surface area contributed by atoms with Crippen molar-refractivity contribution >= 4 is 56.6 Å². The highest BCUT2D eigenvalue weighted by Crippen LogP contribution is 2.37. The second-order valence-corrected chi connectivity index (χ2v) is 10.7. The van der Waals surface area contributed by atoms with Crippen LogP contribution < -0.4 is 35.7 Å². The number of halogens is 1. The zero-order valence-electron chi connectivity index (χ0n) is 22.0. The molecule has 0 heterocycles. The zero-order chi connectivity index (χ0) is 30.3. The van der Waals surface area contributed by atoms with Crippen LogP contribution in [-0.4, -0.2) is 43.9 Å². The largest absolute Gasteiger partial charge is 0.487 e. The van der Waals surface area contributed by atoms with Gasteiger partial charge in [0, 0.05) is 40.1 Å². The van der Waals surface area contributed by atoms with Gasteiger partial charge in [0.1, 0.15) is 5.84 Å². The zero-order valence-corrected chi connectivity index (χ0v) is 23.6. The number of amidine groups is 1. The molecular formula is C26H29ClN6O7S. The number of ether oxygens (including phenoxy) is 2. The van der Waals surface area contributed by atoms with Gasteiger partial charge in [-0.2, -0.15) is 8.42 Å². The van der Waals surface area contributed by atoms with Crippen molar-refractivity contribution in [1.82, 2.24) is 0 Å². The van der Waals surface area contributed by atoms with Gasteiger partial charge in [-0.25, -0.2) is 9.93 Å². The van der Waals surface area contributed by atoms with E-state index in [1.54, 1.807) is 50.2 Å². The van der Waals surface area contributed by atoms with Crippen LogP contribution in [0.2, 0.25) is 5.02 Å². The molecule has 0 spiro atoms. The van der Waals surface area contributed by atoms with Gasteiger partial charge < -0.3 is 30.9 Å². The number of hydrogen-bond donors (Lipinski definition) is 7. The van der Waals surface area contributed by atoms with E-state index in [4.69, 9.17) is 37.4 Å². The number of nitrogens with one attached hydrogen (secondary N) is 4. The van der Waals surface area contributed by atoms with Crippen molar-refractivity contribution < 1.29 is 32.6 Å². The van der Waals surface area contributed by atoms with E-state index in [0.29, 0.717) is 27.5 Å². The molecule has 0 aromatic heterocycles. The summed E-state index contributed by atoms with van der Waals surface area (Å²) in [5.74, 6) is -1.71. The maximum Gasteiger partial charge on any atom is 0.341 e. The Kier molecular flexibility index (Phi) is 9.99. The summed E-state index contributed by atoms with van der Waals surface area (Å²) in [6.07, 6.45) is -0.371. The lowest BCUT2D eigenvalue weighted by molar-refractivity contribution is -0.139. The predicted molar refractivity (Wildman–Crippen MR) is 156 cm³/mol. The van der Waals surface area contributed by atoms with E-state index in [9.17, 15) is 23.1 Å². The molecule has 0 aliphatic rings. The van der Waals surface area contributed by atoms with Crippen LogP contribution >= 0.6 is 11.6 Å². The molecule has 15 heteroatoms. The summed E-state index contributed by atoms with van der Waals surface area (Å²) in [4.78, 5) is 24.4. The molecular weight excluding hydrogens is 576 g/mol. The molecule has 0 aliphatic heterocycles. The van der Waals surface area contributed by atoms with Crippen molar-refractivity contribution in [3.8, 4) is 11.5 Å². The molecule has 0 radical (unpaired) electrons. The molecule has 218 valence electrons. The smallest absolute Gasteiger partial charge is 0.341 e. The first-order valence-corrected chi connectivity index (χ1v) is 13.9. The Morgan fingerprint density at radius 3 is 2.34 bits per heavy atom. The molecule has 0 fully saturated rings. The Balaban J connectivity index is 1.96. The number of carbonyl (C=O) groups excluding carboxylic acids is 1. The van der Waals surface area contributed by atoms with Gasteiger partial charge in [-0.05, 0) is 62.4 Å². The second-order valence-electron chi connectivity index (χ2n) is 8.95. The van der Waals surface area contributed by atoms with Gasteiger partial charge in [-0.3, -0.25) is 14.9 Å². The van der Waals surface area contributed by atoms with Crippen molar-refractivity contribution in [2.45, 2.75) is 26.5 Å². The molecule has 3 aromatic rings. The number of carboxylic acid groups (broad SMARTS) is 1. The minimum absolute atomic E-state index is 0.0469. The van der Waals surface area contributed by atoms with Crippen LogP contribution in [0, 0.1) is 5.41 Å². The van der Waals surface area contributed by atoms with Crippen LogP contribution in [0.4, 0.5) is 17.1 Å². The molecule has 0 saturated heterocycles. The van der Waals surface area contributed by atoms with Gasteiger partial charge in [0.25, 0.3) is 16.1 Å². The van der Waals surface area contributed by atoms with Crippen molar-refractivity contribution in [3.05, 3.63) is 76.3 Å². The SMILES string of the molecule is CC(C)Oc1cc(NS(N)(=O)=O)cc(CNc2ccc(Cl)cc2C(=O)Nc2ccc(C(=N)N)cc2)c1OCC(=O)O. The molecule has 0 unspecified atom stereocenters. The summed E-state index contributed by atoms with van der Waals surface area (Å²) in [7, 11) is -4.15. The Bertz CT molecular complexity index is 1560. The molecule has 3 aromatic carbocycles. The van der Waals surface area contributed by atoms with Crippen LogP contribution in [-0.2, 0) is 21.5 Å². The molecule has 41 heavy (non-hydrogen) atoms. The Morgan fingerprint density at radius 1 is 1.07 bits per heavy atom. The standard InChI is InChI=1S/C26H29ClN6O7S/c1-14(2)40-22-11-19(33-41(30,37)38)9-16(24(22)39-13-23(34)35)12-31-21-8-5-17(27)10-20(21)26(36)32-18-6-3-15(4-7-18)25(28)29/h3-11,14,31,33H,12-13H2,1-2H3,(H3,28,29)(H,32,36)(H,34,35)(H2,30,37,38). The van der Waals surface area contributed by atoms with Gasteiger partial charge in [-0.15, -0.1) is 0 Å². The lowest BCUT2D eigenvalue weighted by Gasteiger charge is -2.20. The first-order valence-electron chi connectivity index (χ1n) is 12.0. The van der Waals surface area contributed by atoms with E-state index in [0.717, 1.165) is 0 Å². The Morgan fingerprint density at radius 2 is 1.76 bits per heavy atom. The fourth-order valence-electron chi connectivity index (χ4n) is 3.63. The van der Waals surface area contributed by atoms with E-state index in [2.05, 4.69) is 15.4 Å². The van der Waals surface area contributed by atoms with Crippen molar-refractivity contribution in [1.29, 1.82) is 5.41 Å². The second kappa shape index (κ2) is 13.2. The number of carbonyl (C=O) groups is 2. The molecule has 1 amide bonds.